The Bertz CT molecular complexity index is 1240. The maximum absolute atomic E-state index is 12.0. The molecule has 1 aromatic heterocycles. The number of carbonyl (C=O) groups excluding carboxylic acids is 2. The average Bonchev–Trinajstić information content (AvgIpc) is 2.84. The summed E-state index contributed by atoms with van der Waals surface area (Å²) < 4.78 is 10.4. The molecule has 0 fully saturated rings. The summed E-state index contributed by atoms with van der Waals surface area (Å²) in [5, 5.41) is 37.6. The number of ether oxygens (including phenoxy) is 2. The van der Waals surface area contributed by atoms with Gasteiger partial charge in [0.1, 0.15) is 13.2 Å². The molecule has 2 aromatic carbocycles. The molecule has 0 aliphatic heterocycles. The molecule has 1 heterocycles. The molecule has 4 N–H and O–H groups in total. The lowest BCUT2D eigenvalue weighted by Crippen LogP contribution is -2.11. The molecule has 0 spiro atoms. The van der Waals surface area contributed by atoms with Gasteiger partial charge in [0.15, 0.2) is 23.0 Å². The monoisotopic (exact) mass is 492 g/mol. The second-order valence-corrected chi connectivity index (χ2v) is 7.67. The zero-order valence-corrected chi connectivity index (χ0v) is 19.5. The Morgan fingerprint density at radius 3 is 1.44 bits per heavy atom. The fourth-order valence-corrected chi connectivity index (χ4v) is 2.96. The van der Waals surface area contributed by atoms with Gasteiger partial charge in [0.2, 0.25) is 0 Å². The number of aromatic nitrogens is 2. The summed E-state index contributed by atoms with van der Waals surface area (Å²) in [7, 11) is 0. The van der Waals surface area contributed by atoms with Crippen LogP contribution in [0.3, 0.4) is 0 Å². The SMILES string of the molecule is Cc1nc(COC(=O)/C=C/c2ccc(O)c(O)c2)c(C)nc1COC(=O)/C=C/c1ccc(O)c(O)c1. The van der Waals surface area contributed by atoms with Gasteiger partial charge in [-0.3, -0.25) is 9.97 Å². The van der Waals surface area contributed by atoms with Crippen molar-refractivity contribution in [1.82, 2.24) is 9.97 Å². The molecular weight excluding hydrogens is 468 g/mol. The van der Waals surface area contributed by atoms with Gasteiger partial charge in [-0.1, -0.05) is 12.1 Å². The Morgan fingerprint density at radius 1 is 0.694 bits per heavy atom. The summed E-state index contributed by atoms with van der Waals surface area (Å²) in [5.74, 6) is -2.38. The van der Waals surface area contributed by atoms with Crippen LogP contribution >= 0.6 is 0 Å². The van der Waals surface area contributed by atoms with Crippen LogP contribution in [0.15, 0.2) is 48.6 Å². The van der Waals surface area contributed by atoms with Crippen LogP contribution in [0.25, 0.3) is 12.2 Å². The molecule has 10 heteroatoms. The molecule has 0 saturated carbocycles. The molecule has 0 radical (unpaired) electrons. The first-order valence-corrected chi connectivity index (χ1v) is 10.7. The number of rotatable bonds is 8. The largest absolute Gasteiger partial charge is 0.504 e. The highest BCUT2D eigenvalue weighted by molar-refractivity contribution is 5.87. The van der Waals surface area contributed by atoms with Crippen molar-refractivity contribution in [2.45, 2.75) is 27.1 Å². The van der Waals surface area contributed by atoms with Gasteiger partial charge >= 0.3 is 11.9 Å². The predicted octanol–water partition coefficient (Wildman–Crippen LogP) is 3.43. The van der Waals surface area contributed by atoms with Crippen LogP contribution in [0.1, 0.15) is 33.9 Å². The molecule has 0 saturated heterocycles. The smallest absolute Gasteiger partial charge is 0.331 e. The maximum Gasteiger partial charge on any atom is 0.331 e. The van der Waals surface area contributed by atoms with Crippen molar-refractivity contribution in [3.63, 3.8) is 0 Å². The molecule has 3 rings (SSSR count). The number of carbonyl (C=O) groups is 2. The van der Waals surface area contributed by atoms with Crippen LogP contribution in [0.4, 0.5) is 0 Å². The Labute approximate surface area is 206 Å². The second kappa shape index (κ2) is 11.5. The van der Waals surface area contributed by atoms with E-state index >= 15 is 0 Å². The van der Waals surface area contributed by atoms with Gasteiger partial charge in [0, 0.05) is 12.2 Å². The van der Waals surface area contributed by atoms with Gasteiger partial charge in [-0.25, -0.2) is 9.59 Å². The number of aromatic hydroxyl groups is 4. The minimum absolute atomic E-state index is 0.119. The minimum atomic E-state index is -0.631. The summed E-state index contributed by atoms with van der Waals surface area (Å²) >= 11 is 0. The number of esters is 2. The summed E-state index contributed by atoms with van der Waals surface area (Å²) in [4.78, 5) is 32.8. The molecule has 3 aromatic rings. The number of hydrogen-bond donors (Lipinski definition) is 4. The van der Waals surface area contributed by atoms with Gasteiger partial charge < -0.3 is 29.9 Å². The van der Waals surface area contributed by atoms with E-state index in [4.69, 9.17) is 9.47 Å². The standard InChI is InChI=1S/C26H24N2O8/c1-15-19(13-35-25(33)9-5-17-3-7-21(29)23(31)11-17)28-16(2)20(27-15)14-36-26(34)10-6-18-4-8-22(30)24(32)12-18/h3-12,29-32H,13-14H2,1-2H3/b9-5+,10-6+. The molecule has 0 atom stereocenters. The molecular formula is C26H24N2O8. The number of nitrogens with zero attached hydrogens (tertiary/aromatic N) is 2. The lowest BCUT2D eigenvalue weighted by Gasteiger charge is -2.10. The van der Waals surface area contributed by atoms with Gasteiger partial charge in [0.05, 0.1) is 22.8 Å². The van der Waals surface area contributed by atoms with Crippen molar-refractivity contribution in [2.75, 3.05) is 0 Å². The van der Waals surface area contributed by atoms with Crippen molar-refractivity contribution in [3.05, 3.63) is 82.5 Å². The van der Waals surface area contributed by atoms with Crippen molar-refractivity contribution in [2.24, 2.45) is 0 Å². The van der Waals surface area contributed by atoms with E-state index in [0.717, 1.165) is 0 Å². The van der Waals surface area contributed by atoms with Crippen LogP contribution in [0.2, 0.25) is 0 Å². The second-order valence-electron chi connectivity index (χ2n) is 7.67. The van der Waals surface area contributed by atoms with Crippen LogP contribution in [0, 0.1) is 13.8 Å². The highest BCUT2D eigenvalue weighted by Gasteiger charge is 2.12. The third-order valence-electron chi connectivity index (χ3n) is 4.97. The summed E-state index contributed by atoms with van der Waals surface area (Å²) in [6, 6.07) is 8.27. The average molecular weight is 492 g/mol. The van der Waals surface area contributed by atoms with Crippen molar-refractivity contribution >= 4 is 24.1 Å². The molecule has 10 nitrogen and oxygen atoms in total. The first-order valence-electron chi connectivity index (χ1n) is 10.7. The first-order chi connectivity index (χ1) is 17.1. The Morgan fingerprint density at radius 2 is 1.08 bits per heavy atom. The number of hydrogen-bond acceptors (Lipinski definition) is 10. The molecule has 36 heavy (non-hydrogen) atoms. The lowest BCUT2D eigenvalue weighted by molar-refractivity contribution is -0.140. The number of benzene rings is 2. The topological polar surface area (TPSA) is 159 Å². The van der Waals surface area contributed by atoms with E-state index < -0.39 is 11.9 Å². The molecule has 186 valence electrons. The predicted molar refractivity (Wildman–Crippen MR) is 129 cm³/mol. The quantitative estimate of drug-likeness (QED) is 0.208. The van der Waals surface area contributed by atoms with Crippen molar-refractivity contribution in [3.8, 4) is 23.0 Å². The van der Waals surface area contributed by atoms with E-state index in [2.05, 4.69) is 9.97 Å². The van der Waals surface area contributed by atoms with E-state index in [1.54, 1.807) is 13.8 Å². The third-order valence-corrected chi connectivity index (χ3v) is 4.97. The van der Waals surface area contributed by atoms with Crippen LogP contribution < -0.4 is 0 Å². The Kier molecular flexibility index (Phi) is 8.24. The van der Waals surface area contributed by atoms with Crippen LogP contribution in [0.5, 0.6) is 23.0 Å². The van der Waals surface area contributed by atoms with E-state index in [-0.39, 0.29) is 36.2 Å². The zero-order valence-electron chi connectivity index (χ0n) is 19.5. The third kappa shape index (κ3) is 7.07. The summed E-state index contributed by atoms with van der Waals surface area (Å²) in [6.45, 7) is 3.14. The van der Waals surface area contributed by atoms with Gasteiger partial charge in [-0.2, -0.15) is 0 Å². The fraction of sp³-hybridized carbons (Fsp3) is 0.154. The van der Waals surface area contributed by atoms with E-state index in [1.165, 1.54) is 60.7 Å². The molecule has 0 bridgehead atoms. The molecule has 0 amide bonds. The minimum Gasteiger partial charge on any atom is -0.504 e. The van der Waals surface area contributed by atoms with E-state index in [0.29, 0.717) is 33.9 Å². The zero-order chi connectivity index (χ0) is 26.2. The highest BCUT2D eigenvalue weighted by atomic mass is 16.5. The normalized spacial score (nSPS) is 11.2. The van der Waals surface area contributed by atoms with Gasteiger partial charge in [0.25, 0.3) is 0 Å². The lowest BCUT2D eigenvalue weighted by atomic mass is 10.2. The van der Waals surface area contributed by atoms with E-state index in [1.807, 2.05) is 0 Å². The van der Waals surface area contributed by atoms with E-state index in [9.17, 15) is 30.0 Å². The fourth-order valence-electron chi connectivity index (χ4n) is 2.96. The van der Waals surface area contributed by atoms with Crippen LogP contribution in [-0.4, -0.2) is 42.3 Å². The molecule has 0 unspecified atom stereocenters. The summed E-state index contributed by atoms with van der Waals surface area (Å²) in [6.07, 6.45) is 5.23. The van der Waals surface area contributed by atoms with Gasteiger partial charge in [-0.15, -0.1) is 0 Å². The number of aryl methyl sites for hydroxylation is 2. The molecule has 0 aliphatic rings. The molecule has 0 aliphatic carbocycles. The van der Waals surface area contributed by atoms with Crippen molar-refractivity contribution < 1.29 is 39.5 Å². The number of phenolic OH excluding ortho intramolecular Hbond substituents is 4. The van der Waals surface area contributed by atoms with Gasteiger partial charge in [-0.05, 0) is 61.4 Å². The Balaban J connectivity index is 1.54. The van der Waals surface area contributed by atoms with Crippen molar-refractivity contribution in [1.29, 1.82) is 0 Å². The Hall–Kier alpha value is -4.86. The number of phenols is 4. The highest BCUT2D eigenvalue weighted by Crippen LogP contribution is 2.26. The first kappa shape index (κ1) is 25.8. The maximum atomic E-state index is 12.0. The van der Waals surface area contributed by atoms with Crippen LogP contribution in [-0.2, 0) is 32.3 Å². The summed E-state index contributed by atoms with van der Waals surface area (Å²) in [5.41, 5.74) is 2.90.